The molecule has 0 bridgehead atoms. The zero-order chi connectivity index (χ0) is 11.1. The lowest BCUT2D eigenvalue weighted by molar-refractivity contribution is 0.619. The van der Waals surface area contributed by atoms with E-state index in [2.05, 4.69) is 11.9 Å². The first-order chi connectivity index (χ1) is 7.25. The molecule has 1 aromatic carbocycles. The fraction of sp³-hybridized carbons (Fsp3) is 0.333. The molecule has 1 aromatic rings. The van der Waals surface area contributed by atoms with Crippen LogP contribution in [-0.4, -0.2) is 26.7 Å². The van der Waals surface area contributed by atoms with Gasteiger partial charge in [-0.1, -0.05) is 18.2 Å². The van der Waals surface area contributed by atoms with Gasteiger partial charge in [0.05, 0.1) is 5.69 Å². The number of halogens is 1. The van der Waals surface area contributed by atoms with Crippen LogP contribution in [0.5, 0.6) is 0 Å². The van der Waals surface area contributed by atoms with Gasteiger partial charge >= 0.3 is 0 Å². The van der Waals surface area contributed by atoms with E-state index in [1.165, 1.54) is 6.07 Å². The molecule has 15 heavy (non-hydrogen) atoms. The Hall–Kier alpha value is -1.35. The largest absolute Gasteiger partial charge is 0.371 e. The molecule has 0 aliphatic carbocycles. The van der Waals surface area contributed by atoms with Crippen LogP contribution in [0.25, 0.3) is 0 Å². The molecule has 0 saturated carbocycles. The second kappa shape index (κ2) is 6.19. The normalized spacial score (nSPS) is 10.0. The van der Waals surface area contributed by atoms with Crippen molar-refractivity contribution in [3.63, 3.8) is 0 Å². The summed E-state index contributed by atoms with van der Waals surface area (Å²) in [6, 6.07) is 6.79. The fourth-order valence-electron chi connectivity index (χ4n) is 1.33. The number of benzene rings is 1. The monoisotopic (exact) mass is 208 g/mol. The minimum atomic E-state index is -0.177. The molecule has 0 saturated heterocycles. The van der Waals surface area contributed by atoms with Crippen LogP contribution in [0.2, 0.25) is 0 Å². The molecule has 0 aliphatic heterocycles. The summed E-state index contributed by atoms with van der Waals surface area (Å²) in [6.07, 6.45) is 1.81. The highest BCUT2D eigenvalue weighted by Crippen LogP contribution is 2.16. The molecular formula is C12H17FN2. The molecule has 0 amide bonds. The Bertz CT molecular complexity index is 312. The van der Waals surface area contributed by atoms with Gasteiger partial charge in [0.25, 0.3) is 0 Å². The van der Waals surface area contributed by atoms with Gasteiger partial charge in [0.15, 0.2) is 0 Å². The van der Waals surface area contributed by atoms with E-state index >= 15 is 0 Å². The molecule has 0 aliphatic rings. The van der Waals surface area contributed by atoms with Gasteiger partial charge < -0.3 is 10.2 Å². The Morgan fingerprint density at radius 3 is 2.87 bits per heavy atom. The maximum atomic E-state index is 13.3. The molecule has 1 N–H and O–H groups in total. The Morgan fingerprint density at radius 2 is 2.20 bits per heavy atom. The third-order valence-corrected chi connectivity index (χ3v) is 2.18. The van der Waals surface area contributed by atoms with Crippen molar-refractivity contribution in [2.24, 2.45) is 0 Å². The molecule has 0 unspecified atom stereocenters. The average Bonchev–Trinajstić information content (AvgIpc) is 2.25. The van der Waals surface area contributed by atoms with Crippen molar-refractivity contribution in [1.29, 1.82) is 0 Å². The summed E-state index contributed by atoms with van der Waals surface area (Å²) in [5.41, 5.74) is 0.637. The molecule has 2 nitrogen and oxygen atoms in total. The smallest absolute Gasteiger partial charge is 0.146 e. The number of nitrogens with zero attached hydrogens (tertiary/aromatic N) is 1. The van der Waals surface area contributed by atoms with Crippen molar-refractivity contribution in [3.8, 4) is 0 Å². The number of likely N-dealkylation sites (N-methyl/N-ethyl adjacent to an activating group) is 1. The van der Waals surface area contributed by atoms with Crippen LogP contribution in [0.15, 0.2) is 36.9 Å². The highest BCUT2D eigenvalue weighted by molar-refractivity contribution is 5.46. The number of para-hydroxylation sites is 1. The number of hydrogen-bond acceptors (Lipinski definition) is 2. The SMILES string of the molecule is C=CCNCCN(C)c1ccccc1F. The Balaban J connectivity index is 2.43. The third-order valence-electron chi connectivity index (χ3n) is 2.18. The first-order valence-corrected chi connectivity index (χ1v) is 5.03. The predicted octanol–water partition coefficient (Wildman–Crippen LogP) is 2.04. The van der Waals surface area contributed by atoms with Crippen LogP contribution >= 0.6 is 0 Å². The van der Waals surface area contributed by atoms with Gasteiger partial charge in [0.2, 0.25) is 0 Å². The Labute approximate surface area is 90.4 Å². The van der Waals surface area contributed by atoms with Gasteiger partial charge in [-0.15, -0.1) is 6.58 Å². The summed E-state index contributed by atoms with van der Waals surface area (Å²) in [7, 11) is 1.88. The lowest BCUT2D eigenvalue weighted by atomic mass is 10.3. The number of nitrogens with one attached hydrogen (secondary N) is 1. The van der Waals surface area contributed by atoms with Crippen molar-refractivity contribution in [1.82, 2.24) is 5.32 Å². The van der Waals surface area contributed by atoms with E-state index in [0.29, 0.717) is 5.69 Å². The van der Waals surface area contributed by atoms with Crippen LogP contribution in [0, 0.1) is 5.82 Å². The second-order valence-corrected chi connectivity index (χ2v) is 3.37. The van der Waals surface area contributed by atoms with Crippen molar-refractivity contribution in [2.45, 2.75) is 0 Å². The zero-order valence-corrected chi connectivity index (χ0v) is 9.04. The number of rotatable bonds is 6. The van der Waals surface area contributed by atoms with Gasteiger partial charge in [-0.2, -0.15) is 0 Å². The van der Waals surface area contributed by atoms with Crippen LogP contribution in [0.4, 0.5) is 10.1 Å². The maximum Gasteiger partial charge on any atom is 0.146 e. The maximum absolute atomic E-state index is 13.3. The average molecular weight is 208 g/mol. The van der Waals surface area contributed by atoms with E-state index in [9.17, 15) is 4.39 Å². The fourth-order valence-corrected chi connectivity index (χ4v) is 1.33. The van der Waals surface area contributed by atoms with Gasteiger partial charge in [0, 0.05) is 26.7 Å². The van der Waals surface area contributed by atoms with E-state index in [1.807, 2.05) is 24.1 Å². The summed E-state index contributed by atoms with van der Waals surface area (Å²) < 4.78 is 13.3. The number of anilines is 1. The summed E-state index contributed by atoms with van der Waals surface area (Å²) in [6.45, 7) is 5.99. The lowest BCUT2D eigenvalue weighted by Crippen LogP contribution is -2.29. The van der Waals surface area contributed by atoms with Crippen LogP contribution in [0.1, 0.15) is 0 Å². The molecule has 0 heterocycles. The molecular weight excluding hydrogens is 191 g/mol. The third kappa shape index (κ3) is 3.72. The van der Waals surface area contributed by atoms with E-state index in [4.69, 9.17) is 0 Å². The molecule has 3 heteroatoms. The highest BCUT2D eigenvalue weighted by Gasteiger charge is 2.04. The first kappa shape index (κ1) is 11.7. The Morgan fingerprint density at radius 1 is 1.47 bits per heavy atom. The number of hydrogen-bond donors (Lipinski definition) is 1. The quantitative estimate of drug-likeness (QED) is 0.568. The standard InChI is InChI=1S/C12H17FN2/c1-3-8-14-9-10-15(2)12-7-5-4-6-11(12)13/h3-7,14H,1,8-10H2,2H3. The van der Waals surface area contributed by atoms with Crippen LogP contribution in [0.3, 0.4) is 0 Å². The van der Waals surface area contributed by atoms with Gasteiger partial charge in [-0.05, 0) is 12.1 Å². The molecule has 82 valence electrons. The highest BCUT2D eigenvalue weighted by atomic mass is 19.1. The van der Waals surface area contributed by atoms with Gasteiger partial charge in [-0.3, -0.25) is 0 Å². The molecule has 0 fully saturated rings. The summed E-state index contributed by atoms with van der Waals surface area (Å²) in [5.74, 6) is -0.177. The summed E-state index contributed by atoms with van der Waals surface area (Å²) >= 11 is 0. The van der Waals surface area contributed by atoms with Crippen molar-refractivity contribution in [3.05, 3.63) is 42.7 Å². The summed E-state index contributed by atoms with van der Waals surface area (Å²) in [4.78, 5) is 1.89. The van der Waals surface area contributed by atoms with Crippen LogP contribution in [-0.2, 0) is 0 Å². The molecule has 0 atom stereocenters. The van der Waals surface area contributed by atoms with E-state index in [1.54, 1.807) is 12.1 Å². The van der Waals surface area contributed by atoms with Crippen molar-refractivity contribution >= 4 is 5.69 Å². The van der Waals surface area contributed by atoms with E-state index in [0.717, 1.165) is 19.6 Å². The van der Waals surface area contributed by atoms with Crippen molar-refractivity contribution < 1.29 is 4.39 Å². The van der Waals surface area contributed by atoms with E-state index < -0.39 is 0 Å². The van der Waals surface area contributed by atoms with Gasteiger partial charge in [0.1, 0.15) is 5.82 Å². The van der Waals surface area contributed by atoms with E-state index in [-0.39, 0.29) is 5.82 Å². The lowest BCUT2D eigenvalue weighted by Gasteiger charge is -2.19. The topological polar surface area (TPSA) is 15.3 Å². The Kier molecular flexibility index (Phi) is 4.84. The minimum absolute atomic E-state index is 0.177. The molecule has 0 spiro atoms. The second-order valence-electron chi connectivity index (χ2n) is 3.37. The van der Waals surface area contributed by atoms with Crippen molar-refractivity contribution in [2.75, 3.05) is 31.6 Å². The molecule has 0 radical (unpaired) electrons. The predicted molar refractivity (Wildman–Crippen MR) is 62.7 cm³/mol. The van der Waals surface area contributed by atoms with Gasteiger partial charge in [-0.25, -0.2) is 4.39 Å². The first-order valence-electron chi connectivity index (χ1n) is 5.03. The molecule has 0 aromatic heterocycles. The molecule has 1 rings (SSSR count). The van der Waals surface area contributed by atoms with Crippen LogP contribution < -0.4 is 10.2 Å². The zero-order valence-electron chi connectivity index (χ0n) is 9.04. The minimum Gasteiger partial charge on any atom is -0.371 e. The summed E-state index contributed by atoms with van der Waals surface area (Å²) in [5, 5.41) is 3.17.